The quantitative estimate of drug-likeness (QED) is 0.646. The summed E-state index contributed by atoms with van der Waals surface area (Å²) in [7, 11) is 0. The molecule has 1 aromatic rings. The van der Waals surface area contributed by atoms with Gasteiger partial charge in [-0.25, -0.2) is 0 Å². The van der Waals surface area contributed by atoms with Crippen LogP contribution >= 0.6 is 0 Å². The summed E-state index contributed by atoms with van der Waals surface area (Å²) in [6.07, 6.45) is 0. The van der Waals surface area contributed by atoms with Crippen LogP contribution in [0.15, 0.2) is 12.1 Å². The van der Waals surface area contributed by atoms with Crippen LogP contribution in [-0.2, 0) is 4.79 Å². The highest BCUT2D eigenvalue weighted by molar-refractivity contribution is 5.95. The summed E-state index contributed by atoms with van der Waals surface area (Å²) >= 11 is 0. The minimum Gasteiger partial charge on any atom is -0.454 e. The number of amides is 1. The Balaban J connectivity index is 2.15. The highest BCUT2D eigenvalue weighted by atomic mass is 16.7. The van der Waals surface area contributed by atoms with E-state index in [-0.39, 0.29) is 36.2 Å². The first kappa shape index (κ1) is 15.0. The Labute approximate surface area is 121 Å². The number of benzene rings is 1. The maximum absolute atomic E-state index is 11.9. The molecule has 0 aromatic heterocycles. The van der Waals surface area contributed by atoms with Crippen LogP contribution in [0.4, 0.5) is 11.4 Å². The minimum absolute atomic E-state index is 0.00939. The molecule has 1 amide bonds. The van der Waals surface area contributed by atoms with Gasteiger partial charge in [0.1, 0.15) is 5.69 Å². The fraction of sp³-hybridized carbons (Fsp3) is 0.462. The molecular formula is C13H17N3O5. The minimum atomic E-state index is -0.575. The van der Waals surface area contributed by atoms with Crippen molar-refractivity contribution < 1.29 is 19.2 Å². The maximum atomic E-state index is 11.9. The van der Waals surface area contributed by atoms with E-state index in [2.05, 4.69) is 10.6 Å². The van der Waals surface area contributed by atoms with E-state index < -0.39 is 4.92 Å². The standard InChI is InChI=1S/C13H17N3O5/c1-13(2,3)14-6-12(17)15-8-4-10-11(21-7-20-10)5-9(8)16(18)19/h4-5,14H,6-7H2,1-3H3,(H,15,17). The van der Waals surface area contributed by atoms with E-state index >= 15 is 0 Å². The molecular weight excluding hydrogens is 278 g/mol. The van der Waals surface area contributed by atoms with E-state index in [1.165, 1.54) is 12.1 Å². The lowest BCUT2D eigenvalue weighted by atomic mass is 10.1. The van der Waals surface area contributed by atoms with Crippen LogP contribution in [-0.4, -0.2) is 29.7 Å². The first-order valence-electron chi connectivity index (χ1n) is 6.39. The Morgan fingerprint density at radius 1 is 1.33 bits per heavy atom. The van der Waals surface area contributed by atoms with Crippen molar-refractivity contribution in [2.24, 2.45) is 0 Å². The largest absolute Gasteiger partial charge is 0.454 e. The summed E-state index contributed by atoms with van der Waals surface area (Å²) < 4.78 is 10.2. The SMILES string of the molecule is CC(C)(C)NCC(=O)Nc1cc2c(cc1[N+](=O)[O-])OCO2. The predicted molar refractivity (Wildman–Crippen MR) is 75.6 cm³/mol. The van der Waals surface area contributed by atoms with E-state index in [9.17, 15) is 14.9 Å². The maximum Gasteiger partial charge on any atom is 0.296 e. The molecule has 0 saturated carbocycles. The molecule has 1 aromatic carbocycles. The van der Waals surface area contributed by atoms with Crippen LogP contribution in [0.3, 0.4) is 0 Å². The van der Waals surface area contributed by atoms with Crippen molar-refractivity contribution in [3.8, 4) is 11.5 Å². The number of nitrogens with zero attached hydrogens (tertiary/aromatic N) is 1. The van der Waals surface area contributed by atoms with Gasteiger partial charge in [0.2, 0.25) is 12.7 Å². The van der Waals surface area contributed by atoms with Crippen molar-refractivity contribution in [2.75, 3.05) is 18.7 Å². The van der Waals surface area contributed by atoms with Crippen molar-refractivity contribution in [3.63, 3.8) is 0 Å². The molecule has 114 valence electrons. The number of carbonyl (C=O) groups excluding carboxylic acids is 1. The van der Waals surface area contributed by atoms with E-state index in [1.54, 1.807) is 0 Å². The molecule has 1 aliphatic rings. The zero-order valence-corrected chi connectivity index (χ0v) is 12.1. The molecule has 21 heavy (non-hydrogen) atoms. The Morgan fingerprint density at radius 2 is 1.95 bits per heavy atom. The number of fused-ring (bicyclic) bond motifs is 1. The highest BCUT2D eigenvalue weighted by Crippen LogP contribution is 2.40. The third-order valence-corrected chi connectivity index (χ3v) is 2.74. The molecule has 0 bridgehead atoms. The fourth-order valence-electron chi connectivity index (χ4n) is 1.72. The summed E-state index contributed by atoms with van der Waals surface area (Å²) in [5, 5.41) is 16.6. The van der Waals surface area contributed by atoms with Gasteiger partial charge < -0.3 is 20.1 Å². The normalized spacial score (nSPS) is 13.1. The van der Waals surface area contributed by atoms with Gasteiger partial charge in [0.05, 0.1) is 17.5 Å². The molecule has 2 N–H and O–H groups in total. The van der Waals surface area contributed by atoms with Crippen molar-refractivity contribution >= 4 is 17.3 Å². The number of rotatable bonds is 4. The first-order chi connectivity index (χ1) is 9.76. The van der Waals surface area contributed by atoms with Crippen LogP contribution in [0.1, 0.15) is 20.8 Å². The van der Waals surface area contributed by atoms with Crippen LogP contribution < -0.4 is 20.1 Å². The molecule has 0 saturated heterocycles. The average Bonchev–Trinajstić information content (AvgIpc) is 2.81. The third-order valence-electron chi connectivity index (χ3n) is 2.74. The molecule has 0 fully saturated rings. The summed E-state index contributed by atoms with van der Waals surface area (Å²) in [6.45, 7) is 5.82. The Bertz CT molecular complexity index is 580. The Kier molecular flexibility index (Phi) is 3.99. The topological polar surface area (TPSA) is 103 Å². The van der Waals surface area contributed by atoms with Crippen molar-refractivity contribution in [1.29, 1.82) is 0 Å². The second kappa shape index (κ2) is 5.57. The van der Waals surface area contributed by atoms with Gasteiger partial charge in [-0.3, -0.25) is 14.9 Å². The van der Waals surface area contributed by atoms with E-state index in [4.69, 9.17) is 9.47 Å². The van der Waals surface area contributed by atoms with Crippen LogP contribution in [0.2, 0.25) is 0 Å². The molecule has 8 heteroatoms. The molecule has 0 radical (unpaired) electrons. The number of nitrogens with one attached hydrogen (secondary N) is 2. The van der Waals surface area contributed by atoms with Gasteiger partial charge in [-0.2, -0.15) is 0 Å². The molecule has 0 unspecified atom stereocenters. The van der Waals surface area contributed by atoms with E-state index in [1.807, 2.05) is 20.8 Å². The fourth-order valence-corrected chi connectivity index (χ4v) is 1.72. The molecule has 0 atom stereocenters. The molecule has 0 aliphatic carbocycles. The molecule has 2 rings (SSSR count). The number of hydrogen-bond donors (Lipinski definition) is 2. The summed E-state index contributed by atoms with van der Waals surface area (Å²) in [6, 6.07) is 2.64. The summed E-state index contributed by atoms with van der Waals surface area (Å²) in [5.74, 6) is 0.305. The van der Waals surface area contributed by atoms with Gasteiger partial charge in [0.25, 0.3) is 5.69 Å². The first-order valence-corrected chi connectivity index (χ1v) is 6.39. The van der Waals surface area contributed by atoms with Gasteiger partial charge in [-0.1, -0.05) is 0 Å². The number of nitro benzene ring substituents is 1. The van der Waals surface area contributed by atoms with Gasteiger partial charge >= 0.3 is 0 Å². The second-order valence-corrected chi connectivity index (χ2v) is 5.63. The van der Waals surface area contributed by atoms with Gasteiger partial charge in [0.15, 0.2) is 11.5 Å². The number of nitro groups is 1. The molecule has 8 nitrogen and oxygen atoms in total. The zero-order chi connectivity index (χ0) is 15.6. The number of hydrogen-bond acceptors (Lipinski definition) is 6. The van der Waals surface area contributed by atoms with Gasteiger partial charge in [0, 0.05) is 11.6 Å². The van der Waals surface area contributed by atoms with Crippen LogP contribution in [0.5, 0.6) is 11.5 Å². The van der Waals surface area contributed by atoms with Crippen molar-refractivity contribution in [1.82, 2.24) is 5.32 Å². The number of ether oxygens (including phenoxy) is 2. The smallest absolute Gasteiger partial charge is 0.296 e. The molecule has 0 spiro atoms. The van der Waals surface area contributed by atoms with Crippen molar-refractivity contribution in [2.45, 2.75) is 26.3 Å². The van der Waals surface area contributed by atoms with Crippen LogP contribution in [0.25, 0.3) is 0 Å². The molecule has 1 heterocycles. The highest BCUT2D eigenvalue weighted by Gasteiger charge is 2.24. The number of carbonyl (C=O) groups is 1. The van der Waals surface area contributed by atoms with E-state index in [0.717, 1.165) is 0 Å². The second-order valence-electron chi connectivity index (χ2n) is 5.63. The molecule has 1 aliphatic heterocycles. The lowest BCUT2D eigenvalue weighted by molar-refractivity contribution is -0.384. The monoisotopic (exact) mass is 295 g/mol. The van der Waals surface area contributed by atoms with E-state index in [0.29, 0.717) is 11.5 Å². The lowest BCUT2D eigenvalue weighted by Gasteiger charge is -2.20. The predicted octanol–water partition coefficient (Wildman–Crippen LogP) is 1.65. The summed E-state index contributed by atoms with van der Waals surface area (Å²) in [4.78, 5) is 22.4. The van der Waals surface area contributed by atoms with Gasteiger partial charge in [-0.15, -0.1) is 0 Å². The number of anilines is 1. The van der Waals surface area contributed by atoms with Crippen LogP contribution in [0, 0.1) is 10.1 Å². The van der Waals surface area contributed by atoms with Crippen molar-refractivity contribution in [3.05, 3.63) is 22.2 Å². The zero-order valence-electron chi connectivity index (χ0n) is 12.1. The average molecular weight is 295 g/mol. The Morgan fingerprint density at radius 3 is 2.52 bits per heavy atom. The lowest BCUT2D eigenvalue weighted by Crippen LogP contribution is -2.41. The Hall–Kier alpha value is -2.35. The summed E-state index contributed by atoms with van der Waals surface area (Å²) in [5.41, 5.74) is -0.369. The van der Waals surface area contributed by atoms with Gasteiger partial charge in [-0.05, 0) is 20.8 Å². The third kappa shape index (κ3) is 3.82.